The standard InChI is InChI=1S/C22H31N3S/c1-23-12-13-25(17-22(23)20-8-4-2-5-9-20)16-21-14-19(18-26-21)15-24-10-6-3-7-11-24/h2,4-5,8-9,14,18,22H,3,6-7,10-13,15-17H2,1H3/t22-/m0/s1. The second-order valence-corrected chi connectivity index (χ2v) is 8.90. The Balaban J connectivity index is 1.35. The molecule has 2 aliphatic heterocycles. The van der Waals surface area contributed by atoms with Crippen LogP contribution in [-0.4, -0.2) is 54.5 Å². The lowest BCUT2D eigenvalue weighted by molar-refractivity contribution is 0.0912. The van der Waals surface area contributed by atoms with Gasteiger partial charge in [0.15, 0.2) is 0 Å². The highest BCUT2D eigenvalue weighted by Crippen LogP contribution is 2.26. The van der Waals surface area contributed by atoms with Crippen molar-refractivity contribution in [2.45, 2.75) is 38.4 Å². The molecule has 1 aromatic heterocycles. The number of hydrogen-bond donors (Lipinski definition) is 0. The highest BCUT2D eigenvalue weighted by Gasteiger charge is 2.25. The Morgan fingerprint density at radius 3 is 2.54 bits per heavy atom. The molecule has 2 aromatic rings. The number of thiophene rings is 1. The van der Waals surface area contributed by atoms with E-state index in [0.29, 0.717) is 6.04 Å². The summed E-state index contributed by atoms with van der Waals surface area (Å²) in [4.78, 5) is 9.28. The van der Waals surface area contributed by atoms with E-state index in [1.54, 1.807) is 0 Å². The van der Waals surface area contributed by atoms with Crippen molar-refractivity contribution in [1.82, 2.24) is 14.7 Å². The first kappa shape index (κ1) is 18.2. The number of benzene rings is 1. The van der Waals surface area contributed by atoms with E-state index in [1.807, 2.05) is 11.3 Å². The molecule has 3 nitrogen and oxygen atoms in total. The highest BCUT2D eigenvalue weighted by atomic mass is 32.1. The molecule has 0 amide bonds. The summed E-state index contributed by atoms with van der Waals surface area (Å²) in [5.74, 6) is 0. The second-order valence-electron chi connectivity index (χ2n) is 7.90. The number of hydrogen-bond acceptors (Lipinski definition) is 4. The maximum Gasteiger partial charge on any atom is 0.0472 e. The van der Waals surface area contributed by atoms with Gasteiger partial charge in [0.25, 0.3) is 0 Å². The van der Waals surface area contributed by atoms with Gasteiger partial charge in [-0.2, -0.15) is 0 Å². The molecule has 1 aromatic carbocycles. The Hall–Kier alpha value is -1.20. The van der Waals surface area contributed by atoms with Gasteiger partial charge in [0.1, 0.15) is 0 Å². The molecular weight excluding hydrogens is 338 g/mol. The monoisotopic (exact) mass is 369 g/mol. The van der Waals surface area contributed by atoms with E-state index in [1.165, 1.54) is 54.9 Å². The summed E-state index contributed by atoms with van der Waals surface area (Å²) in [7, 11) is 2.26. The van der Waals surface area contributed by atoms with Crippen LogP contribution in [-0.2, 0) is 13.1 Å². The van der Waals surface area contributed by atoms with E-state index >= 15 is 0 Å². The Morgan fingerprint density at radius 2 is 1.73 bits per heavy atom. The molecule has 2 fully saturated rings. The van der Waals surface area contributed by atoms with Crippen molar-refractivity contribution < 1.29 is 0 Å². The number of piperazine rings is 1. The molecule has 0 saturated carbocycles. The van der Waals surface area contributed by atoms with Gasteiger partial charge >= 0.3 is 0 Å². The summed E-state index contributed by atoms with van der Waals surface area (Å²) in [6.07, 6.45) is 4.16. The highest BCUT2D eigenvalue weighted by molar-refractivity contribution is 7.10. The van der Waals surface area contributed by atoms with Crippen LogP contribution < -0.4 is 0 Å². The first-order valence-electron chi connectivity index (χ1n) is 10.0. The SMILES string of the molecule is CN1CCN(Cc2cc(CN3CCCCC3)cs2)C[C@H]1c1ccccc1. The fourth-order valence-corrected chi connectivity index (χ4v) is 5.22. The molecule has 3 heterocycles. The second kappa shape index (κ2) is 8.66. The molecule has 1 atom stereocenters. The normalized spacial score (nSPS) is 23.3. The van der Waals surface area contributed by atoms with Crippen molar-refractivity contribution in [1.29, 1.82) is 0 Å². The van der Waals surface area contributed by atoms with Crippen molar-refractivity contribution in [3.63, 3.8) is 0 Å². The van der Waals surface area contributed by atoms with Crippen LogP contribution in [0, 0.1) is 0 Å². The minimum Gasteiger partial charge on any atom is -0.299 e. The largest absolute Gasteiger partial charge is 0.299 e. The van der Waals surface area contributed by atoms with Gasteiger partial charge in [0.2, 0.25) is 0 Å². The maximum atomic E-state index is 2.63. The molecule has 0 bridgehead atoms. The summed E-state index contributed by atoms with van der Waals surface area (Å²) in [5, 5.41) is 2.38. The van der Waals surface area contributed by atoms with E-state index in [0.717, 1.165) is 26.2 Å². The fraction of sp³-hybridized carbons (Fsp3) is 0.545. The summed E-state index contributed by atoms with van der Waals surface area (Å²) >= 11 is 1.95. The van der Waals surface area contributed by atoms with E-state index in [9.17, 15) is 0 Å². The first-order chi connectivity index (χ1) is 12.8. The number of likely N-dealkylation sites (N-methyl/N-ethyl adjacent to an activating group) is 1. The topological polar surface area (TPSA) is 9.72 Å². The molecule has 0 aliphatic carbocycles. The molecule has 0 N–H and O–H groups in total. The Morgan fingerprint density at radius 1 is 0.923 bits per heavy atom. The summed E-state index contributed by atoms with van der Waals surface area (Å²) < 4.78 is 0. The zero-order valence-electron chi connectivity index (χ0n) is 15.9. The van der Waals surface area contributed by atoms with Crippen LogP contribution >= 0.6 is 11.3 Å². The number of piperidine rings is 1. The van der Waals surface area contributed by atoms with Gasteiger partial charge in [0, 0.05) is 43.6 Å². The lowest BCUT2D eigenvalue weighted by atomic mass is 10.0. The van der Waals surface area contributed by atoms with Gasteiger partial charge in [-0.1, -0.05) is 36.8 Å². The number of likely N-dealkylation sites (tertiary alicyclic amines) is 1. The Kier molecular flexibility index (Phi) is 6.05. The average molecular weight is 370 g/mol. The third kappa shape index (κ3) is 4.55. The average Bonchev–Trinajstić information content (AvgIpc) is 3.11. The lowest BCUT2D eigenvalue weighted by Crippen LogP contribution is -2.46. The minimum absolute atomic E-state index is 0.512. The molecule has 26 heavy (non-hydrogen) atoms. The lowest BCUT2D eigenvalue weighted by Gasteiger charge is -2.39. The van der Waals surface area contributed by atoms with Crippen LogP contribution in [0.4, 0.5) is 0 Å². The molecule has 0 radical (unpaired) electrons. The molecule has 140 valence electrons. The smallest absolute Gasteiger partial charge is 0.0472 e. The predicted molar refractivity (Wildman–Crippen MR) is 111 cm³/mol. The molecular formula is C22H31N3S. The van der Waals surface area contributed by atoms with Gasteiger partial charge < -0.3 is 0 Å². The van der Waals surface area contributed by atoms with Crippen molar-refractivity contribution in [2.24, 2.45) is 0 Å². The van der Waals surface area contributed by atoms with Gasteiger partial charge in [-0.3, -0.25) is 14.7 Å². The van der Waals surface area contributed by atoms with E-state index in [2.05, 4.69) is 63.5 Å². The molecule has 0 unspecified atom stereocenters. The van der Waals surface area contributed by atoms with Gasteiger partial charge in [0.05, 0.1) is 0 Å². The Bertz CT molecular complexity index is 678. The van der Waals surface area contributed by atoms with E-state index < -0.39 is 0 Å². The third-order valence-electron chi connectivity index (χ3n) is 5.86. The predicted octanol–water partition coefficient (Wildman–Crippen LogP) is 4.22. The van der Waals surface area contributed by atoms with E-state index in [-0.39, 0.29) is 0 Å². The van der Waals surface area contributed by atoms with Crippen LogP contribution in [0.25, 0.3) is 0 Å². The maximum absolute atomic E-state index is 2.63. The molecule has 0 spiro atoms. The van der Waals surface area contributed by atoms with Crippen molar-refractivity contribution >= 4 is 11.3 Å². The quantitative estimate of drug-likeness (QED) is 0.781. The van der Waals surface area contributed by atoms with Crippen LogP contribution in [0.2, 0.25) is 0 Å². The minimum atomic E-state index is 0.512. The van der Waals surface area contributed by atoms with Crippen molar-refractivity contribution in [2.75, 3.05) is 39.8 Å². The van der Waals surface area contributed by atoms with Crippen LogP contribution in [0.5, 0.6) is 0 Å². The van der Waals surface area contributed by atoms with Crippen molar-refractivity contribution in [3.05, 3.63) is 57.8 Å². The molecule has 2 saturated heterocycles. The number of nitrogens with zero attached hydrogens (tertiary/aromatic N) is 3. The van der Waals surface area contributed by atoms with Gasteiger partial charge in [-0.05, 0) is 55.6 Å². The summed E-state index contributed by atoms with van der Waals surface area (Å²) in [6, 6.07) is 13.9. The first-order valence-corrected chi connectivity index (χ1v) is 10.9. The summed E-state index contributed by atoms with van der Waals surface area (Å²) in [5.41, 5.74) is 2.96. The molecule has 4 rings (SSSR count). The molecule has 2 aliphatic rings. The number of rotatable bonds is 5. The third-order valence-corrected chi connectivity index (χ3v) is 6.83. The van der Waals surface area contributed by atoms with E-state index in [4.69, 9.17) is 0 Å². The zero-order valence-corrected chi connectivity index (χ0v) is 16.8. The van der Waals surface area contributed by atoms with Gasteiger partial charge in [-0.25, -0.2) is 0 Å². The Labute approximate surface area is 162 Å². The fourth-order valence-electron chi connectivity index (χ4n) is 4.30. The van der Waals surface area contributed by atoms with Gasteiger partial charge in [-0.15, -0.1) is 11.3 Å². The molecule has 4 heteroatoms. The van der Waals surface area contributed by atoms with Crippen LogP contribution in [0.1, 0.15) is 41.3 Å². The van der Waals surface area contributed by atoms with Crippen LogP contribution in [0.15, 0.2) is 41.8 Å². The van der Waals surface area contributed by atoms with Crippen LogP contribution in [0.3, 0.4) is 0 Å². The zero-order chi connectivity index (χ0) is 17.8. The van der Waals surface area contributed by atoms with Crippen molar-refractivity contribution in [3.8, 4) is 0 Å². The summed E-state index contributed by atoms with van der Waals surface area (Å²) in [6.45, 7) is 8.24.